The maximum atomic E-state index is 12.5. The van der Waals surface area contributed by atoms with Crippen molar-refractivity contribution >= 4 is 29.3 Å². The van der Waals surface area contributed by atoms with Crippen LogP contribution < -0.4 is 15.0 Å². The van der Waals surface area contributed by atoms with Crippen LogP contribution in [-0.4, -0.2) is 54.7 Å². The molecule has 2 heterocycles. The molecular formula is C19H25N3O5. The second-order valence-electron chi connectivity index (χ2n) is 7.36. The highest BCUT2D eigenvalue weighted by Gasteiger charge is 2.42. The minimum atomic E-state index is -0.914. The minimum Gasteiger partial charge on any atom is -0.495 e. The SMILES string of the molecule is COc1ccc(NC(=O)N2CCC(C)(C(=O)O)C2)cc1N1CCCCC1=O. The van der Waals surface area contributed by atoms with Crippen molar-refractivity contribution in [2.75, 3.05) is 37.0 Å². The molecule has 0 spiro atoms. The Balaban J connectivity index is 1.76. The number of carboxylic acid groups (broad SMARTS) is 1. The smallest absolute Gasteiger partial charge is 0.321 e. The molecule has 2 aliphatic rings. The van der Waals surface area contributed by atoms with Gasteiger partial charge in [0.1, 0.15) is 5.75 Å². The lowest BCUT2D eigenvalue weighted by molar-refractivity contribution is -0.147. The van der Waals surface area contributed by atoms with Crippen LogP contribution in [0.5, 0.6) is 5.75 Å². The first kappa shape index (κ1) is 19.0. The van der Waals surface area contributed by atoms with Gasteiger partial charge in [-0.15, -0.1) is 0 Å². The molecule has 3 amide bonds. The number of rotatable bonds is 4. The molecule has 1 atom stereocenters. The number of nitrogens with zero attached hydrogens (tertiary/aromatic N) is 2. The van der Waals surface area contributed by atoms with Crippen molar-refractivity contribution in [2.45, 2.75) is 32.6 Å². The number of hydrogen-bond acceptors (Lipinski definition) is 4. The van der Waals surface area contributed by atoms with E-state index >= 15 is 0 Å². The maximum absolute atomic E-state index is 12.5. The Morgan fingerprint density at radius 1 is 1.26 bits per heavy atom. The molecule has 8 heteroatoms. The van der Waals surface area contributed by atoms with E-state index in [0.29, 0.717) is 43.1 Å². The molecule has 1 aromatic carbocycles. The zero-order valence-electron chi connectivity index (χ0n) is 15.7. The van der Waals surface area contributed by atoms with Crippen LogP contribution >= 0.6 is 0 Å². The minimum absolute atomic E-state index is 0.0415. The number of likely N-dealkylation sites (tertiary alicyclic amines) is 1. The van der Waals surface area contributed by atoms with Gasteiger partial charge in [-0.25, -0.2) is 4.79 Å². The topological polar surface area (TPSA) is 99.2 Å². The molecule has 27 heavy (non-hydrogen) atoms. The molecular weight excluding hydrogens is 350 g/mol. The predicted molar refractivity (Wildman–Crippen MR) is 100 cm³/mol. The predicted octanol–water partition coefficient (Wildman–Crippen LogP) is 2.54. The normalized spacial score (nSPS) is 22.7. The van der Waals surface area contributed by atoms with E-state index in [4.69, 9.17) is 4.74 Å². The zero-order chi connectivity index (χ0) is 19.6. The van der Waals surface area contributed by atoms with E-state index < -0.39 is 11.4 Å². The first-order chi connectivity index (χ1) is 12.8. The van der Waals surface area contributed by atoms with E-state index in [2.05, 4.69) is 5.32 Å². The van der Waals surface area contributed by atoms with E-state index in [-0.39, 0.29) is 18.5 Å². The molecule has 0 saturated carbocycles. The molecule has 0 aromatic heterocycles. The van der Waals surface area contributed by atoms with E-state index in [1.807, 2.05) is 0 Å². The van der Waals surface area contributed by atoms with Gasteiger partial charge >= 0.3 is 12.0 Å². The van der Waals surface area contributed by atoms with Crippen molar-refractivity contribution in [3.63, 3.8) is 0 Å². The van der Waals surface area contributed by atoms with Gasteiger partial charge in [-0.05, 0) is 44.4 Å². The summed E-state index contributed by atoms with van der Waals surface area (Å²) < 4.78 is 5.38. The van der Waals surface area contributed by atoms with Crippen molar-refractivity contribution in [2.24, 2.45) is 5.41 Å². The van der Waals surface area contributed by atoms with Gasteiger partial charge in [-0.2, -0.15) is 0 Å². The molecule has 2 saturated heterocycles. The third-order valence-electron chi connectivity index (χ3n) is 5.32. The third kappa shape index (κ3) is 3.84. The van der Waals surface area contributed by atoms with Gasteiger partial charge < -0.3 is 25.0 Å². The van der Waals surface area contributed by atoms with E-state index in [9.17, 15) is 19.5 Å². The Labute approximate surface area is 158 Å². The van der Waals surface area contributed by atoms with Crippen LogP contribution in [0.3, 0.4) is 0 Å². The van der Waals surface area contributed by atoms with Crippen molar-refractivity contribution in [3.05, 3.63) is 18.2 Å². The lowest BCUT2D eigenvalue weighted by atomic mass is 9.90. The zero-order valence-corrected chi connectivity index (χ0v) is 15.7. The lowest BCUT2D eigenvalue weighted by Gasteiger charge is -2.28. The highest BCUT2D eigenvalue weighted by molar-refractivity contribution is 5.97. The summed E-state index contributed by atoms with van der Waals surface area (Å²) in [4.78, 5) is 39.4. The van der Waals surface area contributed by atoms with Crippen LogP contribution in [0.15, 0.2) is 18.2 Å². The number of piperidine rings is 1. The summed E-state index contributed by atoms with van der Waals surface area (Å²) >= 11 is 0. The Kier molecular flexibility index (Phi) is 5.25. The average Bonchev–Trinajstić information content (AvgIpc) is 3.06. The van der Waals surface area contributed by atoms with Crippen molar-refractivity contribution in [1.82, 2.24) is 4.90 Å². The number of carboxylic acids is 1. The van der Waals surface area contributed by atoms with E-state index in [0.717, 1.165) is 12.8 Å². The molecule has 2 aliphatic heterocycles. The first-order valence-corrected chi connectivity index (χ1v) is 9.12. The van der Waals surface area contributed by atoms with Crippen LogP contribution in [-0.2, 0) is 9.59 Å². The number of anilines is 2. The Morgan fingerprint density at radius 3 is 2.67 bits per heavy atom. The summed E-state index contributed by atoms with van der Waals surface area (Å²) in [7, 11) is 1.54. The van der Waals surface area contributed by atoms with E-state index in [1.165, 1.54) is 4.90 Å². The number of carbonyl (C=O) groups is 3. The molecule has 0 bridgehead atoms. The highest BCUT2D eigenvalue weighted by atomic mass is 16.5. The molecule has 2 fully saturated rings. The summed E-state index contributed by atoms with van der Waals surface area (Å²) in [6, 6.07) is 4.81. The Hall–Kier alpha value is -2.77. The summed E-state index contributed by atoms with van der Waals surface area (Å²) in [6.07, 6.45) is 2.73. The maximum Gasteiger partial charge on any atom is 0.321 e. The molecule has 0 radical (unpaired) electrons. The molecule has 3 rings (SSSR count). The fourth-order valence-electron chi connectivity index (χ4n) is 3.55. The van der Waals surface area contributed by atoms with Gasteiger partial charge in [0.2, 0.25) is 5.91 Å². The van der Waals surface area contributed by atoms with Crippen LogP contribution in [0.4, 0.5) is 16.2 Å². The first-order valence-electron chi connectivity index (χ1n) is 9.12. The number of methoxy groups -OCH3 is 1. The molecule has 2 N–H and O–H groups in total. The number of aliphatic carboxylic acids is 1. The number of benzene rings is 1. The van der Waals surface area contributed by atoms with Crippen molar-refractivity contribution in [1.29, 1.82) is 0 Å². The second-order valence-corrected chi connectivity index (χ2v) is 7.36. The van der Waals surface area contributed by atoms with Gasteiger partial charge in [0.05, 0.1) is 18.2 Å². The quantitative estimate of drug-likeness (QED) is 0.842. The van der Waals surface area contributed by atoms with Gasteiger partial charge in [0.25, 0.3) is 0 Å². The molecule has 8 nitrogen and oxygen atoms in total. The summed E-state index contributed by atoms with van der Waals surface area (Å²) in [5.41, 5.74) is 0.262. The van der Waals surface area contributed by atoms with Crippen LogP contribution in [0, 0.1) is 5.41 Å². The molecule has 0 aliphatic carbocycles. The highest BCUT2D eigenvalue weighted by Crippen LogP contribution is 2.34. The third-order valence-corrected chi connectivity index (χ3v) is 5.32. The summed E-state index contributed by atoms with van der Waals surface area (Å²) in [5, 5.41) is 12.1. The lowest BCUT2D eigenvalue weighted by Crippen LogP contribution is -2.37. The largest absolute Gasteiger partial charge is 0.495 e. The summed E-state index contributed by atoms with van der Waals surface area (Å²) in [5.74, 6) is -0.282. The number of amides is 3. The fourth-order valence-corrected chi connectivity index (χ4v) is 3.55. The average molecular weight is 375 g/mol. The van der Waals surface area contributed by atoms with E-state index in [1.54, 1.807) is 37.1 Å². The number of ether oxygens (including phenoxy) is 1. The number of urea groups is 1. The monoisotopic (exact) mass is 375 g/mol. The summed E-state index contributed by atoms with van der Waals surface area (Å²) in [6.45, 7) is 2.83. The standard InChI is InChI=1S/C19H25N3O5/c1-19(17(24)25)8-10-21(12-19)18(26)20-13-6-7-15(27-2)14(11-13)22-9-4-3-5-16(22)23/h6-7,11H,3-5,8-10,12H2,1-2H3,(H,20,26)(H,24,25). The van der Waals surface area contributed by atoms with Gasteiger partial charge in [0, 0.05) is 31.7 Å². The fraction of sp³-hybridized carbons (Fsp3) is 0.526. The van der Waals surface area contributed by atoms with Crippen molar-refractivity contribution < 1.29 is 24.2 Å². The molecule has 1 unspecified atom stereocenters. The number of carbonyl (C=O) groups excluding carboxylic acids is 2. The van der Waals surface area contributed by atoms with Crippen molar-refractivity contribution in [3.8, 4) is 5.75 Å². The number of hydrogen-bond donors (Lipinski definition) is 2. The number of nitrogens with one attached hydrogen (secondary N) is 1. The Bertz CT molecular complexity index is 766. The second kappa shape index (κ2) is 7.46. The van der Waals surface area contributed by atoms with Gasteiger partial charge in [-0.1, -0.05) is 0 Å². The van der Waals surface area contributed by atoms with Gasteiger partial charge in [0.15, 0.2) is 0 Å². The Morgan fingerprint density at radius 2 is 2.04 bits per heavy atom. The molecule has 1 aromatic rings. The van der Waals surface area contributed by atoms with Crippen LogP contribution in [0.1, 0.15) is 32.6 Å². The molecule has 146 valence electrons. The van der Waals surface area contributed by atoms with Crippen LogP contribution in [0.25, 0.3) is 0 Å². The van der Waals surface area contributed by atoms with Crippen LogP contribution in [0.2, 0.25) is 0 Å². The van der Waals surface area contributed by atoms with Gasteiger partial charge in [-0.3, -0.25) is 9.59 Å².